The lowest BCUT2D eigenvalue weighted by molar-refractivity contribution is 0.0937. The number of rotatable bonds is 10. The standard InChI is InChI=1S/C27H31N3O3/c1-2-32-26-18-23(10-11-25(26)33-20-21-12-14-28-15-13-21)27(31)29-19-24(30-16-6-7-17-30)22-8-4-3-5-9-22/h3-5,8-15,18,24H,2,6-7,16-17,19-20H2,1H3,(H,29,31). The molecule has 1 fully saturated rings. The van der Waals surface area contributed by atoms with Gasteiger partial charge < -0.3 is 14.8 Å². The summed E-state index contributed by atoms with van der Waals surface area (Å²) in [6.07, 6.45) is 5.88. The van der Waals surface area contributed by atoms with Crippen molar-refractivity contribution in [2.75, 3.05) is 26.2 Å². The Morgan fingerprint density at radius 3 is 2.48 bits per heavy atom. The molecule has 6 heteroatoms. The second-order valence-electron chi connectivity index (χ2n) is 8.12. The first-order valence-electron chi connectivity index (χ1n) is 11.6. The molecular weight excluding hydrogens is 414 g/mol. The van der Waals surface area contributed by atoms with Crippen molar-refractivity contribution in [1.82, 2.24) is 15.2 Å². The average Bonchev–Trinajstić information content (AvgIpc) is 3.39. The van der Waals surface area contributed by atoms with Crippen LogP contribution in [0, 0.1) is 0 Å². The summed E-state index contributed by atoms with van der Waals surface area (Å²) in [5.74, 6) is 1.07. The number of aromatic nitrogens is 1. The molecule has 1 saturated heterocycles. The number of benzene rings is 2. The number of carbonyl (C=O) groups is 1. The molecule has 1 unspecified atom stereocenters. The highest BCUT2D eigenvalue weighted by Gasteiger charge is 2.24. The molecule has 1 aliphatic rings. The van der Waals surface area contributed by atoms with Crippen LogP contribution in [-0.2, 0) is 6.61 Å². The molecule has 1 atom stereocenters. The lowest BCUT2D eigenvalue weighted by Gasteiger charge is -2.28. The Morgan fingerprint density at radius 1 is 1.00 bits per heavy atom. The van der Waals surface area contributed by atoms with Crippen molar-refractivity contribution >= 4 is 5.91 Å². The summed E-state index contributed by atoms with van der Waals surface area (Å²) in [5, 5.41) is 3.14. The lowest BCUT2D eigenvalue weighted by Crippen LogP contribution is -2.36. The van der Waals surface area contributed by atoms with Gasteiger partial charge in [0.15, 0.2) is 11.5 Å². The Morgan fingerprint density at radius 2 is 1.76 bits per heavy atom. The number of hydrogen-bond acceptors (Lipinski definition) is 5. The van der Waals surface area contributed by atoms with Crippen molar-refractivity contribution in [2.45, 2.75) is 32.4 Å². The maximum atomic E-state index is 13.0. The molecule has 0 saturated carbocycles. The van der Waals surface area contributed by atoms with E-state index in [2.05, 4.69) is 39.5 Å². The van der Waals surface area contributed by atoms with Crippen LogP contribution in [-0.4, -0.2) is 42.0 Å². The van der Waals surface area contributed by atoms with Crippen molar-refractivity contribution in [2.24, 2.45) is 0 Å². The highest BCUT2D eigenvalue weighted by atomic mass is 16.5. The summed E-state index contributed by atoms with van der Waals surface area (Å²) in [7, 11) is 0. The highest BCUT2D eigenvalue weighted by Crippen LogP contribution is 2.30. The van der Waals surface area contributed by atoms with E-state index in [-0.39, 0.29) is 11.9 Å². The van der Waals surface area contributed by atoms with E-state index in [4.69, 9.17) is 9.47 Å². The van der Waals surface area contributed by atoms with E-state index in [0.717, 1.165) is 18.7 Å². The largest absolute Gasteiger partial charge is 0.490 e. The van der Waals surface area contributed by atoms with Gasteiger partial charge in [-0.1, -0.05) is 30.3 Å². The number of ether oxygens (including phenoxy) is 2. The Labute approximate surface area is 195 Å². The SMILES string of the molecule is CCOc1cc(C(=O)NCC(c2ccccc2)N2CCCC2)ccc1OCc1ccncc1. The van der Waals surface area contributed by atoms with Gasteiger partial charge in [-0.3, -0.25) is 14.7 Å². The second-order valence-corrected chi connectivity index (χ2v) is 8.12. The van der Waals surface area contributed by atoms with Crippen molar-refractivity contribution < 1.29 is 14.3 Å². The Balaban J connectivity index is 1.43. The van der Waals surface area contributed by atoms with E-state index < -0.39 is 0 Å². The van der Waals surface area contributed by atoms with Gasteiger partial charge in [0.05, 0.1) is 12.6 Å². The fraction of sp³-hybridized carbons (Fsp3) is 0.333. The summed E-state index contributed by atoms with van der Waals surface area (Å²) in [6.45, 7) is 5.50. The predicted octanol–water partition coefficient (Wildman–Crippen LogP) is 4.63. The Hall–Kier alpha value is -3.38. The first-order valence-corrected chi connectivity index (χ1v) is 11.6. The number of amides is 1. The minimum Gasteiger partial charge on any atom is -0.490 e. The van der Waals surface area contributed by atoms with Gasteiger partial charge in [0.1, 0.15) is 6.61 Å². The number of pyridine rings is 1. The molecule has 33 heavy (non-hydrogen) atoms. The monoisotopic (exact) mass is 445 g/mol. The second kappa shape index (κ2) is 11.5. The van der Waals surface area contributed by atoms with Crippen LogP contribution in [0.3, 0.4) is 0 Å². The third kappa shape index (κ3) is 6.11. The van der Waals surface area contributed by atoms with E-state index in [9.17, 15) is 4.79 Å². The summed E-state index contributed by atoms with van der Waals surface area (Å²) >= 11 is 0. The minimum absolute atomic E-state index is 0.114. The zero-order valence-electron chi connectivity index (χ0n) is 19.1. The van der Waals surface area contributed by atoms with Crippen molar-refractivity contribution in [3.05, 3.63) is 89.7 Å². The highest BCUT2D eigenvalue weighted by molar-refractivity contribution is 5.94. The molecule has 6 nitrogen and oxygen atoms in total. The molecule has 0 radical (unpaired) electrons. The third-order valence-electron chi connectivity index (χ3n) is 5.87. The van der Waals surface area contributed by atoms with Gasteiger partial charge in [-0.15, -0.1) is 0 Å². The Kier molecular flexibility index (Phi) is 7.93. The maximum Gasteiger partial charge on any atom is 0.251 e. The molecule has 1 N–H and O–H groups in total. The molecule has 1 aliphatic heterocycles. The molecule has 0 spiro atoms. The molecule has 2 heterocycles. The molecule has 3 aromatic rings. The number of nitrogens with zero attached hydrogens (tertiary/aromatic N) is 2. The van der Waals surface area contributed by atoms with Gasteiger partial charge in [0, 0.05) is 24.5 Å². The van der Waals surface area contributed by atoms with Crippen LogP contribution in [0.1, 0.15) is 47.3 Å². The van der Waals surface area contributed by atoms with Gasteiger partial charge in [0.25, 0.3) is 5.91 Å². The molecule has 2 aromatic carbocycles. The van der Waals surface area contributed by atoms with E-state index >= 15 is 0 Å². The zero-order valence-corrected chi connectivity index (χ0v) is 19.1. The van der Waals surface area contributed by atoms with Crippen molar-refractivity contribution in [3.8, 4) is 11.5 Å². The van der Waals surface area contributed by atoms with Crippen molar-refractivity contribution in [1.29, 1.82) is 0 Å². The number of likely N-dealkylation sites (tertiary alicyclic amines) is 1. The predicted molar refractivity (Wildman–Crippen MR) is 129 cm³/mol. The zero-order chi connectivity index (χ0) is 22.9. The molecule has 1 aromatic heterocycles. The number of carbonyl (C=O) groups excluding carboxylic acids is 1. The van der Waals surface area contributed by atoms with Gasteiger partial charge in [0.2, 0.25) is 0 Å². The topological polar surface area (TPSA) is 63.7 Å². The summed E-state index contributed by atoms with van der Waals surface area (Å²) < 4.78 is 11.7. The number of nitrogens with one attached hydrogen (secondary N) is 1. The first kappa shape index (κ1) is 22.8. The smallest absolute Gasteiger partial charge is 0.251 e. The molecule has 1 amide bonds. The van der Waals surface area contributed by atoms with Crippen LogP contribution in [0.25, 0.3) is 0 Å². The van der Waals surface area contributed by atoms with Gasteiger partial charge in [-0.2, -0.15) is 0 Å². The third-order valence-corrected chi connectivity index (χ3v) is 5.87. The molecule has 172 valence electrons. The Bertz CT molecular complexity index is 1020. The van der Waals surface area contributed by atoms with Crippen LogP contribution in [0.4, 0.5) is 0 Å². The normalized spacial score (nSPS) is 14.6. The van der Waals surface area contributed by atoms with Crippen molar-refractivity contribution in [3.63, 3.8) is 0 Å². The van der Waals surface area contributed by atoms with E-state index in [1.165, 1.54) is 18.4 Å². The molecule has 0 bridgehead atoms. The summed E-state index contributed by atoms with van der Waals surface area (Å²) in [4.78, 5) is 19.5. The minimum atomic E-state index is -0.114. The summed E-state index contributed by atoms with van der Waals surface area (Å²) in [6, 6.07) is 19.7. The van der Waals surface area contributed by atoms with Gasteiger partial charge in [-0.05, 0) is 74.3 Å². The fourth-order valence-corrected chi connectivity index (χ4v) is 4.15. The maximum absolute atomic E-state index is 13.0. The quantitative estimate of drug-likeness (QED) is 0.493. The van der Waals surface area contributed by atoms with E-state index in [1.807, 2.05) is 25.1 Å². The van der Waals surface area contributed by atoms with Crippen LogP contribution >= 0.6 is 0 Å². The van der Waals surface area contributed by atoms with Crippen LogP contribution in [0.2, 0.25) is 0 Å². The molecule has 4 rings (SSSR count). The lowest BCUT2D eigenvalue weighted by atomic mass is 10.1. The summed E-state index contributed by atoms with van der Waals surface area (Å²) in [5.41, 5.74) is 2.81. The number of hydrogen-bond donors (Lipinski definition) is 1. The van der Waals surface area contributed by atoms with E-state index in [1.54, 1.807) is 30.6 Å². The fourth-order valence-electron chi connectivity index (χ4n) is 4.15. The van der Waals surface area contributed by atoms with Crippen LogP contribution < -0.4 is 14.8 Å². The van der Waals surface area contributed by atoms with Gasteiger partial charge in [-0.25, -0.2) is 0 Å². The average molecular weight is 446 g/mol. The van der Waals surface area contributed by atoms with Crippen LogP contribution in [0.15, 0.2) is 73.1 Å². The van der Waals surface area contributed by atoms with E-state index in [0.29, 0.717) is 36.8 Å². The first-order chi connectivity index (χ1) is 16.2. The van der Waals surface area contributed by atoms with Crippen LogP contribution in [0.5, 0.6) is 11.5 Å². The molecular formula is C27H31N3O3. The van der Waals surface area contributed by atoms with Gasteiger partial charge >= 0.3 is 0 Å². The molecule has 0 aliphatic carbocycles.